The summed E-state index contributed by atoms with van der Waals surface area (Å²) in [7, 11) is 2.05. The molecule has 0 spiro atoms. The van der Waals surface area contributed by atoms with E-state index in [0.717, 1.165) is 56.9 Å². The Morgan fingerprint density at radius 1 is 1.08 bits per heavy atom. The maximum absolute atomic E-state index is 12.7. The van der Waals surface area contributed by atoms with Crippen LogP contribution in [0, 0.1) is 23.2 Å². The third kappa shape index (κ3) is 3.91. The van der Waals surface area contributed by atoms with Crippen LogP contribution in [0.1, 0.15) is 44.9 Å². The minimum absolute atomic E-state index is 0. The van der Waals surface area contributed by atoms with Gasteiger partial charge < -0.3 is 10.2 Å². The van der Waals surface area contributed by atoms with Crippen molar-refractivity contribution in [2.45, 2.75) is 44.9 Å². The molecule has 0 aromatic carbocycles. The van der Waals surface area contributed by atoms with Crippen molar-refractivity contribution in [1.82, 2.24) is 15.1 Å². The molecule has 138 valence electrons. The summed E-state index contributed by atoms with van der Waals surface area (Å²) in [4.78, 5) is 17.1. The predicted octanol–water partition coefficient (Wildman–Crippen LogP) is 2.38. The van der Waals surface area contributed by atoms with E-state index in [1.54, 1.807) is 0 Å². The van der Waals surface area contributed by atoms with Crippen molar-refractivity contribution in [3.05, 3.63) is 0 Å². The van der Waals surface area contributed by atoms with Gasteiger partial charge in [-0.25, -0.2) is 0 Å². The lowest BCUT2D eigenvalue weighted by Gasteiger charge is -2.57. The van der Waals surface area contributed by atoms with Gasteiger partial charge >= 0.3 is 0 Å². The lowest BCUT2D eigenvalue weighted by Crippen LogP contribution is -2.52. The molecule has 5 fully saturated rings. The van der Waals surface area contributed by atoms with E-state index < -0.39 is 0 Å². The molecule has 4 bridgehead atoms. The van der Waals surface area contributed by atoms with Crippen molar-refractivity contribution in [1.29, 1.82) is 0 Å². The molecule has 4 saturated carbocycles. The summed E-state index contributed by atoms with van der Waals surface area (Å²) in [5.41, 5.74) is 0.472. The largest absolute Gasteiger partial charge is 0.344 e. The van der Waals surface area contributed by atoms with Gasteiger partial charge in [-0.1, -0.05) is 0 Å². The molecule has 1 N–H and O–H groups in total. The number of halogens is 1. The number of carbonyl (C=O) groups excluding carboxylic acids is 1. The van der Waals surface area contributed by atoms with Crippen LogP contribution in [-0.2, 0) is 4.79 Å². The van der Waals surface area contributed by atoms with Gasteiger partial charge in [0, 0.05) is 26.7 Å². The van der Waals surface area contributed by atoms with Crippen LogP contribution >= 0.6 is 12.4 Å². The molecule has 1 saturated heterocycles. The van der Waals surface area contributed by atoms with Gasteiger partial charge in [-0.3, -0.25) is 9.69 Å². The van der Waals surface area contributed by atoms with E-state index in [9.17, 15) is 4.79 Å². The van der Waals surface area contributed by atoms with Gasteiger partial charge in [-0.2, -0.15) is 0 Å². The van der Waals surface area contributed by atoms with Crippen molar-refractivity contribution >= 4 is 18.3 Å². The third-order valence-corrected chi connectivity index (χ3v) is 6.95. The molecule has 0 unspecified atom stereocenters. The SMILES string of the molecule is CN(CC12CC3CC(CC(C3)C1)C2)C(=O)CN1CCCNCC1.Cl. The van der Waals surface area contributed by atoms with Crippen LogP contribution in [0.3, 0.4) is 0 Å². The number of carbonyl (C=O) groups is 1. The second-order valence-electron chi connectivity index (χ2n) is 9.05. The van der Waals surface area contributed by atoms with Crippen LogP contribution in [0.25, 0.3) is 0 Å². The number of amides is 1. The molecule has 4 aliphatic carbocycles. The van der Waals surface area contributed by atoms with Crippen LogP contribution < -0.4 is 5.32 Å². The summed E-state index contributed by atoms with van der Waals surface area (Å²) >= 11 is 0. The summed E-state index contributed by atoms with van der Waals surface area (Å²) in [6.07, 6.45) is 9.79. The summed E-state index contributed by atoms with van der Waals surface area (Å²) < 4.78 is 0. The normalized spacial score (nSPS) is 38.5. The van der Waals surface area contributed by atoms with Crippen LogP contribution in [-0.4, -0.2) is 62.0 Å². The Labute approximate surface area is 153 Å². The Bertz CT molecular complexity index is 413. The molecule has 5 heteroatoms. The van der Waals surface area contributed by atoms with E-state index >= 15 is 0 Å². The minimum atomic E-state index is 0. The number of nitrogens with one attached hydrogen (secondary N) is 1. The zero-order valence-corrected chi connectivity index (χ0v) is 16.0. The molecule has 1 amide bonds. The Balaban J connectivity index is 0.00000169. The van der Waals surface area contributed by atoms with Crippen LogP contribution in [0.4, 0.5) is 0 Å². The average Bonchev–Trinajstić information content (AvgIpc) is 2.73. The van der Waals surface area contributed by atoms with Gasteiger partial charge in [0.2, 0.25) is 5.91 Å². The summed E-state index contributed by atoms with van der Waals surface area (Å²) in [5, 5.41) is 3.42. The third-order valence-electron chi connectivity index (χ3n) is 6.95. The van der Waals surface area contributed by atoms with Crippen LogP contribution in [0.2, 0.25) is 0 Å². The fraction of sp³-hybridized carbons (Fsp3) is 0.947. The molecule has 1 aliphatic heterocycles. The first-order valence-corrected chi connectivity index (χ1v) is 9.79. The zero-order valence-electron chi connectivity index (χ0n) is 15.1. The Hall–Kier alpha value is -0.320. The summed E-state index contributed by atoms with van der Waals surface area (Å²) in [6, 6.07) is 0. The van der Waals surface area contributed by atoms with Gasteiger partial charge in [0.05, 0.1) is 6.54 Å². The molecule has 5 rings (SSSR count). The number of hydrogen-bond acceptors (Lipinski definition) is 3. The highest BCUT2D eigenvalue weighted by molar-refractivity contribution is 5.85. The number of hydrogen-bond donors (Lipinski definition) is 1. The van der Waals surface area contributed by atoms with Crippen LogP contribution in [0.5, 0.6) is 0 Å². The van der Waals surface area contributed by atoms with E-state index in [-0.39, 0.29) is 12.4 Å². The van der Waals surface area contributed by atoms with Gasteiger partial charge in [0.25, 0.3) is 0 Å². The Morgan fingerprint density at radius 2 is 1.71 bits per heavy atom. The van der Waals surface area contributed by atoms with Crippen LogP contribution in [0.15, 0.2) is 0 Å². The van der Waals surface area contributed by atoms with Gasteiger partial charge in [0.15, 0.2) is 0 Å². The molecule has 1 heterocycles. The van der Waals surface area contributed by atoms with E-state index in [4.69, 9.17) is 0 Å². The standard InChI is InChI=1S/C19H33N3O.ClH/c1-21(18(23)13-22-5-2-3-20-4-6-22)14-19-10-15-7-16(11-19)9-17(8-15)12-19;/h15-17,20H,2-14H2,1H3;1H. The highest BCUT2D eigenvalue weighted by Gasteiger charge is 2.51. The second kappa shape index (κ2) is 7.51. The topological polar surface area (TPSA) is 35.6 Å². The van der Waals surface area contributed by atoms with Gasteiger partial charge in [0.1, 0.15) is 0 Å². The number of rotatable bonds is 4. The molecule has 0 aromatic heterocycles. The molecular formula is C19H34ClN3O. The molecule has 0 atom stereocenters. The first-order valence-electron chi connectivity index (χ1n) is 9.79. The molecule has 4 nitrogen and oxygen atoms in total. The van der Waals surface area contributed by atoms with E-state index in [1.807, 2.05) is 0 Å². The maximum Gasteiger partial charge on any atom is 0.236 e. The molecular weight excluding hydrogens is 322 g/mol. The monoisotopic (exact) mass is 355 g/mol. The molecule has 0 aromatic rings. The first kappa shape index (κ1) is 18.5. The highest BCUT2D eigenvalue weighted by Crippen LogP contribution is 2.60. The number of nitrogens with zero attached hydrogens (tertiary/aromatic N) is 2. The molecule has 24 heavy (non-hydrogen) atoms. The lowest BCUT2D eigenvalue weighted by molar-refractivity contribution is -0.136. The minimum Gasteiger partial charge on any atom is -0.344 e. The lowest BCUT2D eigenvalue weighted by atomic mass is 9.49. The average molecular weight is 356 g/mol. The van der Waals surface area contributed by atoms with E-state index in [0.29, 0.717) is 17.9 Å². The van der Waals surface area contributed by atoms with E-state index in [2.05, 4.69) is 22.2 Å². The van der Waals surface area contributed by atoms with Crippen molar-refractivity contribution < 1.29 is 4.79 Å². The molecule has 0 radical (unpaired) electrons. The Kier molecular flexibility index (Phi) is 5.78. The van der Waals surface area contributed by atoms with Gasteiger partial charge in [-0.15, -0.1) is 12.4 Å². The highest BCUT2D eigenvalue weighted by atomic mass is 35.5. The van der Waals surface area contributed by atoms with Crippen molar-refractivity contribution in [3.8, 4) is 0 Å². The fourth-order valence-electron chi connectivity index (χ4n) is 6.45. The quantitative estimate of drug-likeness (QED) is 0.841. The predicted molar refractivity (Wildman–Crippen MR) is 99.4 cm³/mol. The van der Waals surface area contributed by atoms with E-state index in [1.165, 1.54) is 38.5 Å². The Morgan fingerprint density at radius 3 is 2.33 bits per heavy atom. The fourth-order valence-corrected chi connectivity index (χ4v) is 6.45. The zero-order chi connectivity index (χ0) is 15.9. The number of likely N-dealkylation sites (N-methyl/N-ethyl adjacent to an activating group) is 1. The van der Waals surface area contributed by atoms with Crippen molar-refractivity contribution in [2.24, 2.45) is 23.2 Å². The second-order valence-corrected chi connectivity index (χ2v) is 9.05. The molecule has 5 aliphatic rings. The maximum atomic E-state index is 12.7. The van der Waals surface area contributed by atoms with Gasteiger partial charge in [-0.05, 0) is 81.2 Å². The first-order chi connectivity index (χ1) is 11.1. The smallest absolute Gasteiger partial charge is 0.236 e. The summed E-state index contributed by atoms with van der Waals surface area (Å²) in [5.74, 6) is 3.26. The van der Waals surface area contributed by atoms with Crippen molar-refractivity contribution in [2.75, 3.05) is 46.3 Å². The summed E-state index contributed by atoms with van der Waals surface area (Å²) in [6.45, 7) is 5.81. The van der Waals surface area contributed by atoms with Crippen molar-refractivity contribution in [3.63, 3.8) is 0 Å².